The maximum Gasteiger partial charge on any atom is 0.261 e. The topological polar surface area (TPSA) is 58.6 Å². The Bertz CT molecular complexity index is 1190. The summed E-state index contributed by atoms with van der Waals surface area (Å²) in [6.07, 6.45) is 0.293. The smallest absolute Gasteiger partial charge is 0.261 e. The molecule has 3 aromatic carbocycles. The van der Waals surface area contributed by atoms with Crippen molar-refractivity contribution in [1.82, 2.24) is 10.2 Å². The number of halogens is 2. The van der Waals surface area contributed by atoms with Gasteiger partial charge in [-0.2, -0.15) is 0 Å². The van der Waals surface area contributed by atoms with Gasteiger partial charge < -0.3 is 15.0 Å². The Morgan fingerprint density at radius 3 is 2.24 bits per heavy atom. The van der Waals surface area contributed by atoms with Gasteiger partial charge in [-0.15, -0.1) is 0 Å². The third kappa shape index (κ3) is 8.15. The van der Waals surface area contributed by atoms with Crippen molar-refractivity contribution in [2.75, 3.05) is 13.2 Å². The number of hydrogen-bond acceptors (Lipinski definition) is 3. The summed E-state index contributed by atoms with van der Waals surface area (Å²) in [5.41, 5.74) is 3.21. The van der Waals surface area contributed by atoms with Crippen molar-refractivity contribution in [2.24, 2.45) is 5.92 Å². The predicted molar refractivity (Wildman–Crippen MR) is 148 cm³/mol. The average Bonchev–Trinajstić information content (AvgIpc) is 2.88. The molecule has 0 unspecified atom stereocenters. The van der Waals surface area contributed by atoms with Gasteiger partial charge in [0.2, 0.25) is 5.91 Å². The van der Waals surface area contributed by atoms with Gasteiger partial charge >= 0.3 is 0 Å². The highest BCUT2D eigenvalue weighted by atomic mass is 79.9. The second-order valence-electron chi connectivity index (χ2n) is 9.62. The Morgan fingerprint density at radius 1 is 1.00 bits per heavy atom. The zero-order valence-corrected chi connectivity index (χ0v) is 23.3. The summed E-state index contributed by atoms with van der Waals surface area (Å²) in [6.45, 7) is 8.04. The summed E-state index contributed by atoms with van der Waals surface area (Å²) in [5, 5.41) is 2.96. The Balaban J connectivity index is 1.92. The van der Waals surface area contributed by atoms with E-state index in [1.165, 1.54) is 11.0 Å². The first-order valence-electron chi connectivity index (χ1n) is 12.4. The van der Waals surface area contributed by atoms with E-state index in [1.54, 1.807) is 18.2 Å². The zero-order chi connectivity index (χ0) is 26.9. The lowest BCUT2D eigenvalue weighted by Gasteiger charge is -2.32. The molecular formula is C30H34BrFN2O3. The van der Waals surface area contributed by atoms with Crippen molar-refractivity contribution in [3.63, 3.8) is 0 Å². The van der Waals surface area contributed by atoms with Gasteiger partial charge in [-0.1, -0.05) is 78.3 Å². The number of ether oxygens (including phenoxy) is 1. The molecule has 196 valence electrons. The van der Waals surface area contributed by atoms with Crippen LogP contribution in [0.1, 0.15) is 36.1 Å². The summed E-state index contributed by atoms with van der Waals surface area (Å²) in [7, 11) is 0. The molecule has 0 aliphatic rings. The van der Waals surface area contributed by atoms with Gasteiger partial charge in [-0.25, -0.2) is 4.39 Å². The average molecular weight is 570 g/mol. The largest absolute Gasteiger partial charge is 0.484 e. The van der Waals surface area contributed by atoms with Crippen LogP contribution in [0.5, 0.6) is 5.75 Å². The number of rotatable bonds is 11. The van der Waals surface area contributed by atoms with Crippen molar-refractivity contribution >= 4 is 27.7 Å². The van der Waals surface area contributed by atoms with Crippen LogP contribution in [0.4, 0.5) is 4.39 Å². The number of nitrogens with one attached hydrogen (secondary N) is 1. The van der Waals surface area contributed by atoms with Crippen LogP contribution in [0.3, 0.4) is 0 Å². The van der Waals surface area contributed by atoms with Gasteiger partial charge in [-0.05, 0) is 54.7 Å². The SMILES string of the molecule is Cc1cc(OCC(=O)N(Cc2ccccc2F)[C@@H](Cc2ccccc2)C(=O)NCC(C)C)cc(C)c1Br. The molecule has 5 nitrogen and oxygen atoms in total. The maximum absolute atomic E-state index is 14.7. The molecular weight excluding hydrogens is 535 g/mol. The lowest BCUT2D eigenvalue weighted by molar-refractivity contribution is -0.142. The van der Waals surface area contributed by atoms with E-state index in [9.17, 15) is 14.0 Å². The molecule has 0 aromatic heterocycles. The van der Waals surface area contributed by atoms with Gasteiger partial charge in [0.25, 0.3) is 5.91 Å². The van der Waals surface area contributed by atoms with Crippen LogP contribution in [-0.4, -0.2) is 35.9 Å². The molecule has 0 aliphatic carbocycles. The molecule has 0 heterocycles. The fraction of sp³-hybridized carbons (Fsp3) is 0.333. The molecule has 0 saturated heterocycles. The van der Waals surface area contributed by atoms with Crippen LogP contribution in [0.25, 0.3) is 0 Å². The zero-order valence-electron chi connectivity index (χ0n) is 21.8. The van der Waals surface area contributed by atoms with Crippen LogP contribution < -0.4 is 10.1 Å². The fourth-order valence-electron chi connectivity index (χ4n) is 4.00. The Morgan fingerprint density at radius 2 is 1.62 bits per heavy atom. The number of benzene rings is 3. The molecule has 0 fully saturated rings. The summed E-state index contributed by atoms with van der Waals surface area (Å²) >= 11 is 3.54. The van der Waals surface area contributed by atoms with Crippen LogP contribution >= 0.6 is 15.9 Å². The standard InChI is InChI=1S/C30H34BrFN2O3/c1-20(2)17-33-30(36)27(16-23-10-6-5-7-11-23)34(18-24-12-8-9-13-26(24)32)28(35)19-37-25-14-21(3)29(31)22(4)15-25/h5-15,20,27H,16-19H2,1-4H3,(H,33,36)/t27-/m0/s1. The number of aryl methyl sites for hydroxylation is 2. The summed E-state index contributed by atoms with van der Waals surface area (Å²) in [4.78, 5) is 28.5. The Kier molecular flexibility index (Phi) is 10.3. The van der Waals surface area contributed by atoms with Gasteiger partial charge in [-0.3, -0.25) is 9.59 Å². The molecule has 0 aliphatic heterocycles. The number of carbonyl (C=O) groups is 2. The number of nitrogens with zero attached hydrogens (tertiary/aromatic N) is 1. The lowest BCUT2D eigenvalue weighted by Crippen LogP contribution is -2.52. The molecule has 2 amide bonds. The minimum Gasteiger partial charge on any atom is -0.484 e. The van der Waals surface area contributed by atoms with E-state index >= 15 is 0 Å². The first-order chi connectivity index (χ1) is 17.7. The molecule has 37 heavy (non-hydrogen) atoms. The monoisotopic (exact) mass is 568 g/mol. The number of carbonyl (C=O) groups excluding carboxylic acids is 2. The third-order valence-corrected chi connectivity index (χ3v) is 7.28. The van der Waals surface area contributed by atoms with Gasteiger partial charge in [0.1, 0.15) is 17.6 Å². The van der Waals surface area contributed by atoms with Gasteiger partial charge in [0.05, 0.1) is 0 Å². The van der Waals surface area contributed by atoms with E-state index in [1.807, 2.05) is 70.2 Å². The van der Waals surface area contributed by atoms with Crippen molar-refractivity contribution in [3.8, 4) is 5.75 Å². The Labute approximate surface area is 227 Å². The summed E-state index contributed by atoms with van der Waals surface area (Å²) in [6, 6.07) is 18.7. The first-order valence-corrected chi connectivity index (χ1v) is 13.2. The number of amides is 2. The highest BCUT2D eigenvalue weighted by Crippen LogP contribution is 2.26. The van der Waals surface area contributed by atoms with Crippen molar-refractivity contribution in [1.29, 1.82) is 0 Å². The number of hydrogen-bond donors (Lipinski definition) is 1. The van der Waals surface area contributed by atoms with Gasteiger partial charge in [0, 0.05) is 29.5 Å². The summed E-state index contributed by atoms with van der Waals surface area (Å²) < 4.78 is 21.5. The third-order valence-electron chi connectivity index (χ3n) is 6.03. The van der Waals surface area contributed by atoms with Crippen LogP contribution in [0, 0.1) is 25.6 Å². The second-order valence-corrected chi connectivity index (χ2v) is 10.4. The predicted octanol–water partition coefficient (Wildman–Crippen LogP) is 6.00. The minimum atomic E-state index is -0.842. The molecule has 7 heteroatoms. The molecule has 3 aromatic rings. The van der Waals surface area contributed by atoms with Crippen LogP contribution in [0.15, 0.2) is 71.2 Å². The molecule has 1 atom stereocenters. The van der Waals surface area contributed by atoms with Crippen LogP contribution in [0.2, 0.25) is 0 Å². The van der Waals surface area contributed by atoms with E-state index in [2.05, 4.69) is 21.2 Å². The van der Waals surface area contributed by atoms with Crippen molar-refractivity contribution < 1.29 is 18.7 Å². The van der Waals surface area contributed by atoms with E-state index < -0.39 is 17.8 Å². The lowest BCUT2D eigenvalue weighted by atomic mass is 10.0. The molecule has 0 spiro atoms. The quantitative estimate of drug-likeness (QED) is 0.309. The highest BCUT2D eigenvalue weighted by molar-refractivity contribution is 9.10. The van der Waals surface area contributed by atoms with Crippen LogP contribution in [-0.2, 0) is 22.6 Å². The maximum atomic E-state index is 14.7. The molecule has 0 bridgehead atoms. The molecule has 0 radical (unpaired) electrons. The van der Waals surface area contributed by atoms with Gasteiger partial charge in [0.15, 0.2) is 6.61 Å². The Hall–Kier alpha value is -3.19. The minimum absolute atomic E-state index is 0.0557. The van der Waals surface area contributed by atoms with E-state index in [0.29, 0.717) is 24.3 Å². The first kappa shape index (κ1) is 28.4. The summed E-state index contributed by atoms with van der Waals surface area (Å²) in [5.74, 6) is -0.313. The molecule has 1 N–H and O–H groups in total. The van der Waals surface area contributed by atoms with Crippen molar-refractivity contribution in [3.05, 3.63) is 99.3 Å². The fourth-order valence-corrected chi connectivity index (χ4v) is 4.23. The highest BCUT2D eigenvalue weighted by Gasteiger charge is 2.31. The molecule has 0 saturated carbocycles. The van der Waals surface area contributed by atoms with E-state index in [4.69, 9.17) is 4.74 Å². The second kappa shape index (κ2) is 13.4. The van der Waals surface area contributed by atoms with E-state index in [0.717, 1.165) is 21.2 Å². The van der Waals surface area contributed by atoms with Crippen molar-refractivity contribution in [2.45, 2.75) is 46.7 Å². The molecule has 3 rings (SSSR count). The van der Waals surface area contributed by atoms with E-state index in [-0.39, 0.29) is 25.0 Å². The normalized spacial score (nSPS) is 11.8.